The quantitative estimate of drug-likeness (QED) is 0.525. The van der Waals surface area contributed by atoms with E-state index in [1.807, 2.05) is 0 Å². The molecular weight excluding hydrogens is 206 g/mol. The molecule has 0 aromatic heterocycles. The summed E-state index contributed by atoms with van der Waals surface area (Å²) in [5.41, 5.74) is 0.402. The highest BCUT2D eigenvalue weighted by atomic mass is 33.1. The van der Waals surface area contributed by atoms with E-state index in [1.54, 1.807) is 29.3 Å². The number of carbonyl (C=O) groups is 1. The van der Waals surface area contributed by atoms with Crippen LogP contribution in [-0.2, 0) is 9.53 Å². The molecule has 72 valence electrons. The minimum atomic E-state index is -0.339. The van der Waals surface area contributed by atoms with Gasteiger partial charge in [0.25, 0.3) is 0 Å². The summed E-state index contributed by atoms with van der Waals surface area (Å²) < 4.78 is 4.83. The molecule has 0 bridgehead atoms. The molecule has 0 atom stereocenters. The Balaban J connectivity index is 2.59. The first-order valence-corrected chi connectivity index (χ1v) is 6.41. The predicted molar refractivity (Wildman–Crippen MR) is 57.9 cm³/mol. The summed E-state index contributed by atoms with van der Waals surface area (Å²) in [7, 11) is 3.24. The monoisotopic (exact) mass is 217 g/mol. The maximum atomic E-state index is 11.2. The summed E-state index contributed by atoms with van der Waals surface area (Å²) in [6, 6.07) is 0. The summed E-state index contributed by atoms with van der Waals surface area (Å²) in [4.78, 5) is 15.3. The number of aliphatic imine (C=N–C) groups is 1. The van der Waals surface area contributed by atoms with Crippen LogP contribution in [0.3, 0.4) is 0 Å². The minimum absolute atomic E-state index is 0.339. The fourth-order valence-corrected chi connectivity index (χ4v) is 2.40. The predicted octanol–water partition coefficient (Wildman–Crippen LogP) is 2.25. The Morgan fingerprint density at radius 1 is 1.77 bits per heavy atom. The minimum Gasteiger partial charge on any atom is -0.461 e. The van der Waals surface area contributed by atoms with Gasteiger partial charge in [0, 0.05) is 17.4 Å². The summed E-state index contributed by atoms with van der Waals surface area (Å²) in [5.74, 6) is 0.689. The van der Waals surface area contributed by atoms with Crippen molar-refractivity contribution in [3.8, 4) is 0 Å². The Kier molecular flexibility index (Phi) is 5.00. The van der Waals surface area contributed by atoms with Crippen LogP contribution < -0.4 is 0 Å². The number of hydrogen-bond donors (Lipinski definition) is 0. The van der Waals surface area contributed by atoms with E-state index in [4.69, 9.17) is 4.74 Å². The van der Waals surface area contributed by atoms with Crippen molar-refractivity contribution in [3.63, 3.8) is 0 Å². The lowest BCUT2D eigenvalue weighted by Gasteiger charge is -2.03. The van der Waals surface area contributed by atoms with Crippen LogP contribution in [0.15, 0.2) is 16.1 Å². The lowest BCUT2D eigenvalue weighted by Crippen LogP contribution is -2.06. The fourth-order valence-electron chi connectivity index (χ4n) is 0.728. The van der Waals surface area contributed by atoms with Gasteiger partial charge in [0.2, 0.25) is 0 Å². The van der Waals surface area contributed by atoms with Crippen molar-refractivity contribution >= 4 is 33.8 Å². The van der Waals surface area contributed by atoms with Crippen LogP contribution in [0.25, 0.3) is 0 Å². The average molecular weight is 217 g/mol. The first-order chi connectivity index (χ1) is 6.34. The molecule has 1 aliphatic heterocycles. The molecule has 5 heteroatoms. The molecule has 1 aliphatic rings. The van der Waals surface area contributed by atoms with Gasteiger partial charge in [0.1, 0.15) is 0 Å². The molecule has 1 heterocycles. The molecule has 0 N–H and O–H groups in total. The van der Waals surface area contributed by atoms with Crippen LogP contribution >= 0.6 is 21.6 Å². The van der Waals surface area contributed by atoms with Crippen LogP contribution in [-0.4, -0.2) is 24.5 Å². The van der Waals surface area contributed by atoms with Crippen molar-refractivity contribution in [2.75, 3.05) is 12.4 Å². The van der Waals surface area contributed by atoms with Gasteiger partial charge in [0.15, 0.2) is 5.70 Å². The Bertz CT molecular complexity index is 238. The summed E-state index contributed by atoms with van der Waals surface area (Å²) in [6.07, 6.45) is 2.66. The standard InChI is InChI=1S/C8H11NO2S2/c1-2-11-8(10)7-6-13-12-5-3-4-9-7/h4,6H,2-3,5H2,1H3. The normalized spacial score (nSPS) is 17.2. The van der Waals surface area contributed by atoms with E-state index in [1.165, 1.54) is 10.8 Å². The molecule has 0 aromatic rings. The van der Waals surface area contributed by atoms with Crippen LogP contribution in [0.5, 0.6) is 0 Å². The van der Waals surface area contributed by atoms with Crippen molar-refractivity contribution in [2.24, 2.45) is 4.99 Å². The molecule has 0 radical (unpaired) electrons. The van der Waals surface area contributed by atoms with Gasteiger partial charge in [-0.15, -0.1) is 0 Å². The van der Waals surface area contributed by atoms with E-state index >= 15 is 0 Å². The van der Waals surface area contributed by atoms with Gasteiger partial charge in [-0.2, -0.15) is 0 Å². The SMILES string of the molecule is CCOC(=O)C1=CSSCCC=N1. The Hall–Kier alpha value is -0.420. The second kappa shape index (κ2) is 6.10. The van der Waals surface area contributed by atoms with E-state index in [-0.39, 0.29) is 5.97 Å². The van der Waals surface area contributed by atoms with Crippen LogP contribution in [0.2, 0.25) is 0 Å². The highest BCUT2D eigenvalue weighted by Crippen LogP contribution is 2.26. The first-order valence-electron chi connectivity index (χ1n) is 4.02. The van der Waals surface area contributed by atoms with Gasteiger partial charge >= 0.3 is 5.97 Å². The van der Waals surface area contributed by atoms with E-state index < -0.39 is 0 Å². The number of ether oxygens (including phenoxy) is 1. The maximum absolute atomic E-state index is 11.2. The zero-order valence-electron chi connectivity index (χ0n) is 7.36. The molecule has 13 heavy (non-hydrogen) atoms. The third kappa shape index (κ3) is 3.87. The fraction of sp³-hybridized carbons (Fsp3) is 0.500. The van der Waals surface area contributed by atoms with E-state index in [2.05, 4.69) is 4.99 Å². The molecule has 0 spiro atoms. The Morgan fingerprint density at radius 2 is 2.62 bits per heavy atom. The third-order valence-electron chi connectivity index (χ3n) is 1.27. The topological polar surface area (TPSA) is 38.7 Å². The molecule has 0 unspecified atom stereocenters. The van der Waals surface area contributed by atoms with Gasteiger partial charge in [-0.05, 0) is 13.3 Å². The number of hydrogen-bond acceptors (Lipinski definition) is 5. The zero-order chi connectivity index (χ0) is 9.52. The molecule has 1 rings (SSSR count). The molecular formula is C8H11NO2S2. The maximum Gasteiger partial charge on any atom is 0.357 e. The van der Waals surface area contributed by atoms with Crippen molar-refractivity contribution < 1.29 is 9.53 Å². The van der Waals surface area contributed by atoms with Gasteiger partial charge in [-0.1, -0.05) is 21.6 Å². The summed E-state index contributed by atoms with van der Waals surface area (Å²) in [6.45, 7) is 2.18. The van der Waals surface area contributed by atoms with Gasteiger partial charge in [-0.25, -0.2) is 4.79 Å². The molecule has 0 amide bonds. The summed E-state index contributed by atoms with van der Waals surface area (Å²) in [5, 5.41) is 1.73. The number of nitrogens with zero attached hydrogens (tertiary/aromatic N) is 1. The third-order valence-corrected chi connectivity index (χ3v) is 3.33. The van der Waals surface area contributed by atoms with Crippen molar-refractivity contribution in [2.45, 2.75) is 13.3 Å². The van der Waals surface area contributed by atoms with E-state index in [0.29, 0.717) is 12.3 Å². The molecule has 0 aliphatic carbocycles. The van der Waals surface area contributed by atoms with Crippen LogP contribution in [0.4, 0.5) is 0 Å². The summed E-state index contributed by atoms with van der Waals surface area (Å²) >= 11 is 0. The number of esters is 1. The smallest absolute Gasteiger partial charge is 0.357 e. The van der Waals surface area contributed by atoms with Gasteiger partial charge in [-0.3, -0.25) is 4.99 Å². The van der Waals surface area contributed by atoms with Gasteiger partial charge in [0.05, 0.1) is 6.61 Å². The Morgan fingerprint density at radius 3 is 3.38 bits per heavy atom. The Labute approximate surface area is 85.4 Å². The van der Waals surface area contributed by atoms with E-state index in [0.717, 1.165) is 12.2 Å². The molecule has 0 fully saturated rings. The van der Waals surface area contributed by atoms with Crippen molar-refractivity contribution in [3.05, 3.63) is 11.1 Å². The number of rotatable bonds is 2. The highest BCUT2D eigenvalue weighted by molar-refractivity contribution is 8.77. The van der Waals surface area contributed by atoms with Gasteiger partial charge < -0.3 is 4.74 Å². The van der Waals surface area contributed by atoms with Crippen LogP contribution in [0, 0.1) is 0 Å². The first kappa shape index (κ1) is 10.7. The van der Waals surface area contributed by atoms with Crippen molar-refractivity contribution in [1.82, 2.24) is 0 Å². The largest absolute Gasteiger partial charge is 0.461 e. The molecule has 3 nitrogen and oxygen atoms in total. The van der Waals surface area contributed by atoms with Crippen molar-refractivity contribution in [1.29, 1.82) is 0 Å². The lowest BCUT2D eigenvalue weighted by molar-refractivity contribution is -0.138. The second-order valence-corrected chi connectivity index (χ2v) is 4.60. The van der Waals surface area contributed by atoms with E-state index in [9.17, 15) is 4.79 Å². The molecule has 0 aromatic carbocycles. The molecule has 0 saturated carbocycles. The lowest BCUT2D eigenvalue weighted by atomic mass is 10.5. The van der Waals surface area contributed by atoms with Crippen LogP contribution in [0.1, 0.15) is 13.3 Å². The average Bonchev–Trinajstić information content (AvgIpc) is 2.03. The molecule has 0 saturated heterocycles. The highest BCUT2D eigenvalue weighted by Gasteiger charge is 2.09. The zero-order valence-corrected chi connectivity index (χ0v) is 8.99. The number of carbonyl (C=O) groups excluding carboxylic acids is 1. The second-order valence-electron chi connectivity index (χ2n) is 2.24.